The van der Waals surface area contributed by atoms with Gasteiger partial charge < -0.3 is 0 Å². The van der Waals surface area contributed by atoms with Gasteiger partial charge in [0.05, 0.1) is 12.2 Å². The van der Waals surface area contributed by atoms with E-state index in [1.165, 1.54) is 0 Å². The molecule has 0 fully saturated rings. The molecule has 2 aromatic carbocycles. The predicted molar refractivity (Wildman–Crippen MR) is 126 cm³/mol. The van der Waals surface area contributed by atoms with Gasteiger partial charge in [-0.25, -0.2) is 4.79 Å². The Bertz CT molecular complexity index is 1400. The number of rotatable bonds is 7. The highest BCUT2D eigenvalue weighted by atomic mass is 16.1. The molecule has 0 saturated heterocycles. The second-order valence-corrected chi connectivity index (χ2v) is 7.78. The quantitative estimate of drug-likeness (QED) is 0.417. The Hall–Kier alpha value is -4.33. The molecule has 1 N–H and O–H groups in total. The van der Waals surface area contributed by atoms with Gasteiger partial charge in [0.15, 0.2) is 0 Å². The molecule has 5 rings (SSSR count). The molecular formula is C25H23N7O. The number of para-hydroxylation sites is 1. The van der Waals surface area contributed by atoms with Gasteiger partial charge in [-0.2, -0.15) is 5.21 Å². The first-order valence-corrected chi connectivity index (χ1v) is 10.9. The third-order valence-corrected chi connectivity index (χ3v) is 5.57. The van der Waals surface area contributed by atoms with Crippen LogP contribution in [0.1, 0.15) is 24.6 Å². The van der Waals surface area contributed by atoms with E-state index in [4.69, 9.17) is 0 Å². The molecular weight excluding hydrogens is 414 g/mol. The van der Waals surface area contributed by atoms with E-state index in [0.29, 0.717) is 18.1 Å². The van der Waals surface area contributed by atoms with E-state index in [1.807, 2.05) is 77.5 Å². The van der Waals surface area contributed by atoms with Crippen LogP contribution in [-0.2, 0) is 13.0 Å². The molecule has 0 bridgehead atoms. The number of tetrazole rings is 1. The Kier molecular flexibility index (Phi) is 5.63. The first-order valence-electron chi connectivity index (χ1n) is 10.9. The minimum atomic E-state index is -0.0274. The molecule has 0 aliphatic carbocycles. The lowest BCUT2D eigenvalue weighted by Gasteiger charge is -2.09. The van der Waals surface area contributed by atoms with Crippen LogP contribution in [0.25, 0.3) is 28.3 Å². The third kappa shape index (κ3) is 4.10. The molecule has 0 aliphatic heterocycles. The minimum Gasteiger partial charge on any atom is -0.292 e. The second-order valence-electron chi connectivity index (χ2n) is 7.78. The van der Waals surface area contributed by atoms with Crippen molar-refractivity contribution in [3.05, 3.63) is 101 Å². The first kappa shape index (κ1) is 20.6. The van der Waals surface area contributed by atoms with Gasteiger partial charge in [-0.05, 0) is 41.0 Å². The summed E-state index contributed by atoms with van der Waals surface area (Å²) in [5, 5.41) is 14.2. The largest absolute Gasteiger partial charge is 0.333 e. The fraction of sp³-hybridized carbons (Fsp3) is 0.160. The normalized spacial score (nSPS) is 11.1. The maximum Gasteiger partial charge on any atom is 0.333 e. The third-order valence-electron chi connectivity index (χ3n) is 5.57. The minimum absolute atomic E-state index is 0.0274. The maximum absolute atomic E-state index is 13.2. The zero-order chi connectivity index (χ0) is 22.6. The molecule has 8 heteroatoms. The average molecular weight is 438 g/mol. The summed E-state index contributed by atoms with van der Waals surface area (Å²) in [6.45, 7) is 2.64. The Morgan fingerprint density at radius 3 is 2.52 bits per heavy atom. The monoisotopic (exact) mass is 437 g/mol. The summed E-state index contributed by atoms with van der Waals surface area (Å²) in [6.07, 6.45) is 5.49. The zero-order valence-electron chi connectivity index (χ0n) is 18.2. The Morgan fingerprint density at radius 1 is 0.970 bits per heavy atom. The van der Waals surface area contributed by atoms with Crippen LogP contribution >= 0.6 is 0 Å². The Balaban J connectivity index is 1.46. The molecule has 3 aromatic heterocycles. The lowest BCUT2D eigenvalue weighted by molar-refractivity contribution is 0.691. The van der Waals surface area contributed by atoms with Gasteiger partial charge in [-0.3, -0.25) is 14.1 Å². The number of aromatic nitrogens is 7. The lowest BCUT2D eigenvalue weighted by atomic mass is 10.0. The second kappa shape index (κ2) is 9.04. The van der Waals surface area contributed by atoms with Crippen molar-refractivity contribution in [2.24, 2.45) is 0 Å². The van der Waals surface area contributed by atoms with Gasteiger partial charge in [0.2, 0.25) is 5.82 Å². The zero-order valence-corrected chi connectivity index (χ0v) is 18.2. The van der Waals surface area contributed by atoms with Crippen molar-refractivity contribution in [2.45, 2.75) is 26.3 Å². The summed E-state index contributed by atoms with van der Waals surface area (Å²) in [5.74, 6) is 0.452. The van der Waals surface area contributed by atoms with E-state index in [-0.39, 0.29) is 5.69 Å². The molecule has 0 radical (unpaired) electrons. The summed E-state index contributed by atoms with van der Waals surface area (Å²) in [4.78, 5) is 17.7. The average Bonchev–Trinajstić information content (AvgIpc) is 3.50. The van der Waals surface area contributed by atoms with Crippen LogP contribution in [0, 0.1) is 0 Å². The summed E-state index contributed by atoms with van der Waals surface area (Å²) in [5.41, 5.74) is 5.51. The highest BCUT2D eigenvalue weighted by molar-refractivity contribution is 5.77. The number of aromatic amines is 1. The molecule has 164 valence electrons. The van der Waals surface area contributed by atoms with E-state index in [9.17, 15) is 4.79 Å². The van der Waals surface area contributed by atoms with Gasteiger partial charge in [0.25, 0.3) is 0 Å². The number of hydrogen-bond acceptors (Lipinski definition) is 5. The molecule has 0 saturated carbocycles. The fourth-order valence-corrected chi connectivity index (χ4v) is 3.98. The molecule has 0 aliphatic rings. The van der Waals surface area contributed by atoms with E-state index in [0.717, 1.165) is 40.9 Å². The van der Waals surface area contributed by atoms with Crippen molar-refractivity contribution in [1.82, 2.24) is 34.7 Å². The van der Waals surface area contributed by atoms with Gasteiger partial charge in [0.1, 0.15) is 5.69 Å². The molecule has 5 aromatic rings. The molecule has 8 nitrogen and oxygen atoms in total. The highest BCUT2D eigenvalue weighted by Crippen LogP contribution is 2.28. The van der Waals surface area contributed by atoms with Gasteiger partial charge in [-0.1, -0.05) is 61.9 Å². The smallest absolute Gasteiger partial charge is 0.292 e. The van der Waals surface area contributed by atoms with Crippen LogP contribution in [0.3, 0.4) is 0 Å². The molecule has 0 atom stereocenters. The predicted octanol–water partition coefficient (Wildman–Crippen LogP) is 3.88. The summed E-state index contributed by atoms with van der Waals surface area (Å²) in [6, 6.07) is 21.8. The molecule has 33 heavy (non-hydrogen) atoms. The number of H-pyrrole nitrogens is 1. The topological polar surface area (TPSA) is 94.3 Å². The number of nitrogens with one attached hydrogen (secondary N) is 1. The molecule has 0 spiro atoms. The fourth-order valence-electron chi connectivity index (χ4n) is 3.98. The van der Waals surface area contributed by atoms with E-state index in [2.05, 4.69) is 32.5 Å². The van der Waals surface area contributed by atoms with E-state index in [1.54, 1.807) is 10.8 Å². The standard InChI is InChI=1S/C25H23N7O/c1-2-7-21-17-32(20-8-4-3-5-9-20)25(33)31(21)16-18-11-13-19(14-12-18)22-10-6-15-26-23(22)24-27-29-30-28-24/h3-6,8-15,17H,2,7,16H2,1H3,(H,27,28,29,30). The maximum atomic E-state index is 13.2. The lowest BCUT2D eigenvalue weighted by Crippen LogP contribution is -2.24. The number of benzene rings is 2. The van der Waals surface area contributed by atoms with Gasteiger partial charge >= 0.3 is 5.69 Å². The van der Waals surface area contributed by atoms with Crippen molar-refractivity contribution in [1.29, 1.82) is 0 Å². The van der Waals surface area contributed by atoms with Crippen molar-refractivity contribution >= 4 is 0 Å². The summed E-state index contributed by atoms with van der Waals surface area (Å²) >= 11 is 0. The van der Waals surface area contributed by atoms with E-state index < -0.39 is 0 Å². The summed E-state index contributed by atoms with van der Waals surface area (Å²) < 4.78 is 3.59. The van der Waals surface area contributed by atoms with Crippen molar-refractivity contribution in [3.63, 3.8) is 0 Å². The van der Waals surface area contributed by atoms with Crippen LogP contribution in [0.4, 0.5) is 0 Å². The van der Waals surface area contributed by atoms with Crippen molar-refractivity contribution in [3.8, 4) is 28.3 Å². The highest BCUT2D eigenvalue weighted by Gasteiger charge is 2.14. The van der Waals surface area contributed by atoms with Crippen LogP contribution in [0.15, 0.2) is 83.9 Å². The van der Waals surface area contributed by atoms with Gasteiger partial charge in [-0.15, -0.1) is 10.2 Å². The van der Waals surface area contributed by atoms with Crippen LogP contribution in [0.5, 0.6) is 0 Å². The number of imidazole rings is 1. The number of nitrogens with zero attached hydrogens (tertiary/aromatic N) is 6. The van der Waals surface area contributed by atoms with Crippen molar-refractivity contribution in [2.75, 3.05) is 0 Å². The first-order chi connectivity index (χ1) is 16.2. The molecule has 0 amide bonds. The summed E-state index contributed by atoms with van der Waals surface area (Å²) in [7, 11) is 0. The van der Waals surface area contributed by atoms with Crippen LogP contribution in [0.2, 0.25) is 0 Å². The van der Waals surface area contributed by atoms with Crippen molar-refractivity contribution < 1.29 is 0 Å². The van der Waals surface area contributed by atoms with Crippen LogP contribution < -0.4 is 5.69 Å². The Labute approximate surface area is 190 Å². The van der Waals surface area contributed by atoms with Gasteiger partial charge in [0, 0.05) is 23.7 Å². The number of pyridine rings is 1. The number of aryl methyl sites for hydroxylation is 1. The SMILES string of the molecule is CCCc1cn(-c2ccccc2)c(=O)n1Cc1ccc(-c2cccnc2-c2nn[nH]n2)cc1. The molecule has 0 unspecified atom stereocenters. The molecule has 3 heterocycles. The van der Waals surface area contributed by atoms with Crippen LogP contribution in [-0.4, -0.2) is 34.7 Å². The van der Waals surface area contributed by atoms with E-state index >= 15 is 0 Å². The number of hydrogen-bond donors (Lipinski definition) is 1. The Morgan fingerprint density at radius 2 is 1.79 bits per heavy atom.